The number of carbonyl (C=O) groups excluding carboxylic acids is 1. The van der Waals surface area contributed by atoms with Crippen molar-refractivity contribution in [3.63, 3.8) is 0 Å². The van der Waals surface area contributed by atoms with Crippen LogP contribution in [0, 0.1) is 18.8 Å². The Labute approximate surface area is 135 Å². The minimum absolute atomic E-state index is 0. The third-order valence-corrected chi connectivity index (χ3v) is 5.94. The number of esters is 1. The molecule has 0 bridgehead atoms. The van der Waals surface area contributed by atoms with Gasteiger partial charge in [0.1, 0.15) is 11.3 Å². The van der Waals surface area contributed by atoms with Gasteiger partial charge in [0.25, 0.3) is 10.0 Å². The summed E-state index contributed by atoms with van der Waals surface area (Å²) in [5.74, 6) is 0.369. The van der Waals surface area contributed by atoms with Crippen molar-refractivity contribution < 1.29 is 22.4 Å². The molecule has 2 aliphatic heterocycles. The van der Waals surface area contributed by atoms with Crippen molar-refractivity contribution in [3.8, 4) is 0 Å². The van der Waals surface area contributed by atoms with Crippen molar-refractivity contribution in [2.45, 2.75) is 12.0 Å². The van der Waals surface area contributed by atoms with E-state index in [0.29, 0.717) is 24.9 Å². The van der Waals surface area contributed by atoms with Crippen LogP contribution >= 0.6 is 12.4 Å². The number of halogens is 1. The maximum atomic E-state index is 12.6. The SMILES string of the molecule is COC(=O)c1cc(S(=O)(=O)N2C[C@H]3CNC[C@H]3C2)oc1C.Cl. The summed E-state index contributed by atoms with van der Waals surface area (Å²) in [5, 5.41) is 3.08. The fraction of sp³-hybridized carbons (Fsp3) is 0.615. The van der Waals surface area contributed by atoms with Gasteiger partial charge in [0.05, 0.1) is 7.11 Å². The second-order valence-electron chi connectivity index (χ2n) is 5.53. The molecule has 1 N–H and O–H groups in total. The maximum absolute atomic E-state index is 12.6. The largest absolute Gasteiger partial charge is 0.465 e. The van der Waals surface area contributed by atoms with Crippen LogP contribution in [0.1, 0.15) is 16.1 Å². The number of methoxy groups -OCH3 is 1. The summed E-state index contributed by atoms with van der Waals surface area (Å²) in [7, 11) is -2.45. The molecule has 0 amide bonds. The summed E-state index contributed by atoms with van der Waals surface area (Å²) in [6.45, 7) is 4.23. The molecule has 1 aromatic heterocycles. The molecule has 0 aromatic carbocycles. The van der Waals surface area contributed by atoms with Crippen molar-refractivity contribution in [3.05, 3.63) is 17.4 Å². The van der Waals surface area contributed by atoms with E-state index in [0.717, 1.165) is 13.1 Å². The molecule has 2 atom stereocenters. The molecule has 22 heavy (non-hydrogen) atoms. The average Bonchev–Trinajstić information content (AvgIpc) is 3.10. The standard InChI is InChI=1S/C13H18N2O5S.ClH/c1-8-11(13(16)19-2)3-12(20-8)21(17,18)15-6-9-4-14-5-10(9)7-15;/h3,9-10,14H,4-7H2,1-2H3;1H/t9-,10+;. The Hall–Kier alpha value is -1.09. The van der Waals surface area contributed by atoms with E-state index >= 15 is 0 Å². The summed E-state index contributed by atoms with van der Waals surface area (Å²) in [5.41, 5.74) is 0.150. The first-order valence-electron chi connectivity index (χ1n) is 6.83. The Balaban J connectivity index is 0.00000176. The van der Waals surface area contributed by atoms with Crippen molar-refractivity contribution in [2.24, 2.45) is 11.8 Å². The van der Waals surface area contributed by atoms with Gasteiger partial charge in [-0.15, -0.1) is 12.4 Å². The molecule has 3 rings (SSSR count). The maximum Gasteiger partial charge on any atom is 0.341 e. The normalized spacial score (nSPS) is 24.8. The second-order valence-corrected chi connectivity index (χ2v) is 7.40. The monoisotopic (exact) mass is 350 g/mol. The number of furan rings is 1. The van der Waals surface area contributed by atoms with E-state index < -0.39 is 16.0 Å². The molecule has 7 nitrogen and oxygen atoms in total. The van der Waals surface area contributed by atoms with Crippen LogP contribution in [0.15, 0.2) is 15.6 Å². The van der Waals surface area contributed by atoms with Crippen LogP contribution < -0.4 is 5.32 Å². The number of rotatable bonds is 3. The van der Waals surface area contributed by atoms with Gasteiger partial charge in [0.15, 0.2) is 0 Å². The Bertz CT molecular complexity index is 660. The second kappa shape index (κ2) is 6.19. The van der Waals surface area contributed by atoms with E-state index in [1.807, 2.05) is 0 Å². The van der Waals surface area contributed by atoms with Crippen LogP contribution in [0.25, 0.3) is 0 Å². The average molecular weight is 351 g/mol. The number of aryl methyl sites for hydroxylation is 1. The fourth-order valence-electron chi connectivity index (χ4n) is 3.03. The van der Waals surface area contributed by atoms with Crippen molar-refractivity contribution >= 4 is 28.4 Å². The van der Waals surface area contributed by atoms with E-state index in [2.05, 4.69) is 10.1 Å². The first-order chi connectivity index (χ1) is 9.93. The number of nitrogens with zero attached hydrogens (tertiary/aromatic N) is 1. The van der Waals surface area contributed by atoms with Gasteiger partial charge >= 0.3 is 5.97 Å². The molecule has 2 aliphatic rings. The molecule has 0 spiro atoms. The van der Waals surface area contributed by atoms with Gasteiger partial charge < -0.3 is 14.5 Å². The molecule has 0 radical (unpaired) electrons. The molecule has 0 saturated carbocycles. The Morgan fingerprint density at radius 2 is 1.95 bits per heavy atom. The van der Waals surface area contributed by atoms with Crippen LogP contribution in [0.2, 0.25) is 0 Å². The quantitative estimate of drug-likeness (QED) is 0.805. The molecule has 1 aromatic rings. The smallest absolute Gasteiger partial charge is 0.341 e. The van der Waals surface area contributed by atoms with E-state index in [1.54, 1.807) is 6.92 Å². The molecule has 0 aliphatic carbocycles. The summed E-state index contributed by atoms with van der Waals surface area (Å²) in [4.78, 5) is 11.6. The predicted octanol–water partition coefficient (Wildman–Crippen LogP) is 0.636. The van der Waals surface area contributed by atoms with Gasteiger partial charge in [-0.1, -0.05) is 0 Å². The third kappa shape index (κ3) is 2.76. The number of carbonyl (C=O) groups is 1. The predicted molar refractivity (Wildman–Crippen MR) is 80.6 cm³/mol. The lowest BCUT2D eigenvalue weighted by molar-refractivity contribution is 0.0599. The van der Waals surface area contributed by atoms with Crippen molar-refractivity contribution in [1.82, 2.24) is 9.62 Å². The highest BCUT2D eigenvalue weighted by Gasteiger charge is 2.42. The van der Waals surface area contributed by atoms with E-state index in [4.69, 9.17) is 4.42 Å². The number of hydrogen-bond donors (Lipinski definition) is 1. The molecule has 9 heteroatoms. The van der Waals surface area contributed by atoms with Gasteiger partial charge in [0, 0.05) is 19.2 Å². The van der Waals surface area contributed by atoms with Crippen LogP contribution in [-0.2, 0) is 14.8 Å². The highest BCUT2D eigenvalue weighted by molar-refractivity contribution is 7.89. The van der Waals surface area contributed by atoms with Gasteiger partial charge in [-0.05, 0) is 31.8 Å². The molecule has 2 saturated heterocycles. The lowest BCUT2D eigenvalue weighted by Crippen LogP contribution is -2.31. The first kappa shape index (κ1) is 17.3. The van der Waals surface area contributed by atoms with Crippen LogP contribution in [0.5, 0.6) is 0 Å². The lowest BCUT2D eigenvalue weighted by Gasteiger charge is -2.15. The van der Waals surface area contributed by atoms with Crippen molar-refractivity contribution in [1.29, 1.82) is 0 Å². The van der Waals surface area contributed by atoms with Crippen LogP contribution in [-0.4, -0.2) is 52.0 Å². The Kier molecular flexibility index (Phi) is 4.86. The molecular formula is C13H19ClN2O5S. The Morgan fingerprint density at radius 1 is 1.36 bits per heavy atom. The topological polar surface area (TPSA) is 88.9 Å². The molecule has 124 valence electrons. The highest BCUT2D eigenvalue weighted by Crippen LogP contribution is 2.32. The number of nitrogens with one attached hydrogen (secondary N) is 1. The molecule has 0 unspecified atom stereocenters. The zero-order chi connectivity index (χ0) is 15.2. The zero-order valence-corrected chi connectivity index (χ0v) is 14.0. The number of hydrogen-bond acceptors (Lipinski definition) is 6. The molecular weight excluding hydrogens is 332 g/mol. The van der Waals surface area contributed by atoms with E-state index in [1.165, 1.54) is 17.5 Å². The van der Waals surface area contributed by atoms with Crippen LogP contribution in [0.3, 0.4) is 0 Å². The highest BCUT2D eigenvalue weighted by atomic mass is 35.5. The third-order valence-electron chi connectivity index (χ3n) is 4.25. The summed E-state index contributed by atoms with van der Waals surface area (Å²) >= 11 is 0. The molecule has 2 fully saturated rings. The summed E-state index contributed by atoms with van der Waals surface area (Å²) in [6, 6.07) is 1.25. The fourth-order valence-corrected chi connectivity index (χ4v) is 4.56. The Morgan fingerprint density at radius 3 is 2.50 bits per heavy atom. The van der Waals surface area contributed by atoms with Crippen molar-refractivity contribution in [2.75, 3.05) is 33.3 Å². The first-order valence-corrected chi connectivity index (χ1v) is 8.27. The van der Waals surface area contributed by atoms with Gasteiger partial charge in [-0.3, -0.25) is 0 Å². The summed E-state index contributed by atoms with van der Waals surface area (Å²) in [6.07, 6.45) is 0. The van der Waals surface area contributed by atoms with Gasteiger partial charge in [0.2, 0.25) is 5.09 Å². The number of ether oxygens (including phenoxy) is 1. The number of sulfonamides is 1. The summed E-state index contributed by atoms with van der Waals surface area (Å²) < 4.78 is 36.6. The lowest BCUT2D eigenvalue weighted by atomic mass is 10.0. The zero-order valence-electron chi connectivity index (χ0n) is 12.4. The molecule has 3 heterocycles. The number of fused-ring (bicyclic) bond motifs is 1. The van der Waals surface area contributed by atoms with E-state index in [-0.39, 0.29) is 28.8 Å². The van der Waals surface area contributed by atoms with Crippen LogP contribution in [0.4, 0.5) is 0 Å². The van der Waals surface area contributed by atoms with E-state index in [9.17, 15) is 13.2 Å². The van der Waals surface area contributed by atoms with Gasteiger partial charge in [-0.2, -0.15) is 4.31 Å². The van der Waals surface area contributed by atoms with Gasteiger partial charge in [-0.25, -0.2) is 13.2 Å². The minimum Gasteiger partial charge on any atom is -0.465 e. The minimum atomic E-state index is -3.69.